The van der Waals surface area contributed by atoms with E-state index in [9.17, 15) is 9.18 Å². The van der Waals surface area contributed by atoms with E-state index >= 15 is 0 Å². The number of hydrogen-bond acceptors (Lipinski definition) is 5. The lowest BCUT2D eigenvalue weighted by Gasteiger charge is -2.28. The molecule has 5 nitrogen and oxygen atoms in total. The van der Waals surface area contributed by atoms with Crippen LogP contribution in [0.1, 0.15) is 26.5 Å². The Hall–Kier alpha value is -3.29. The number of nitrogens with two attached hydrogens (primary N) is 1. The Morgan fingerprint density at radius 1 is 1.16 bits per heavy atom. The minimum Gasteiger partial charge on any atom is -0.397 e. The number of benzene rings is 2. The van der Waals surface area contributed by atoms with E-state index in [1.165, 1.54) is 29.0 Å². The van der Waals surface area contributed by atoms with E-state index in [-0.39, 0.29) is 5.91 Å². The summed E-state index contributed by atoms with van der Waals surface area (Å²) in [6.07, 6.45) is 0.862. The van der Waals surface area contributed by atoms with Gasteiger partial charge in [0.05, 0.1) is 5.69 Å². The van der Waals surface area contributed by atoms with Crippen LogP contribution in [0.25, 0.3) is 10.2 Å². The standard InChI is InChI=1S/C24H21FN4OS/c25-17-7-4-8-18(12-17)27-23(30)22-21(26)19-11-16-14-29(13-15-5-2-1-3-6-15)10-9-20(16)28-24(19)31-22/h1-8,11-12H,9-10,13-14,26H2,(H,27,30). The van der Waals surface area contributed by atoms with Crippen molar-refractivity contribution in [3.05, 3.63) is 88.2 Å². The number of hydrogen-bond donors (Lipinski definition) is 2. The third kappa shape index (κ3) is 4.02. The fraction of sp³-hybridized carbons (Fsp3) is 0.167. The summed E-state index contributed by atoms with van der Waals surface area (Å²) in [7, 11) is 0. The molecule has 2 aromatic heterocycles. The van der Waals surface area contributed by atoms with Crippen molar-refractivity contribution < 1.29 is 9.18 Å². The van der Waals surface area contributed by atoms with Gasteiger partial charge >= 0.3 is 0 Å². The van der Waals surface area contributed by atoms with Crippen molar-refractivity contribution in [3.8, 4) is 0 Å². The van der Waals surface area contributed by atoms with E-state index in [0.29, 0.717) is 16.3 Å². The van der Waals surface area contributed by atoms with Gasteiger partial charge < -0.3 is 11.1 Å². The van der Waals surface area contributed by atoms with E-state index < -0.39 is 5.82 Å². The summed E-state index contributed by atoms with van der Waals surface area (Å²) in [5, 5.41) is 3.52. The van der Waals surface area contributed by atoms with E-state index in [1.807, 2.05) is 6.07 Å². The summed E-state index contributed by atoms with van der Waals surface area (Å²) in [5.41, 5.74) is 10.6. The van der Waals surface area contributed by atoms with Gasteiger partial charge in [-0.2, -0.15) is 0 Å². The van der Waals surface area contributed by atoms with Gasteiger partial charge in [-0.25, -0.2) is 9.37 Å². The van der Waals surface area contributed by atoms with Crippen molar-refractivity contribution in [1.29, 1.82) is 0 Å². The molecular weight excluding hydrogens is 411 g/mol. The van der Waals surface area contributed by atoms with Crippen molar-refractivity contribution in [3.63, 3.8) is 0 Å². The maximum Gasteiger partial charge on any atom is 0.267 e. The highest BCUT2D eigenvalue weighted by atomic mass is 32.1. The van der Waals surface area contributed by atoms with Crippen LogP contribution in [0.15, 0.2) is 60.7 Å². The van der Waals surface area contributed by atoms with E-state index in [1.54, 1.807) is 12.1 Å². The third-order valence-electron chi connectivity index (χ3n) is 5.49. The summed E-state index contributed by atoms with van der Waals surface area (Å²) in [6.45, 7) is 2.63. The molecule has 0 aliphatic carbocycles. The van der Waals surface area contributed by atoms with Crippen LogP contribution in [-0.4, -0.2) is 22.3 Å². The number of amides is 1. The molecule has 1 aliphatic rings. The fourth-order valence-corrected chi connectivity index (χ4v) is 4.95. The molecule has 0 unspecified atom stereocenters. The number of halogens is 1. The predicted molar refractivity (Wildman–Crippen MR) is 123 cm³/mol. The Bertz CT molecular complexity index is 1270. The quantitative estimate of drug-likeness (QED) is 0.485. The highest BCUT2D eigenvalue weighted by molar-refractivity contribution is 7.21. The zero-order valence-corrected chi connectivity index (χ0v) is 17.6. The molecule has 1 amide bonds. The van der Waals surface area contributed by atoms with E-state index in [0.717, 1.165) is 47.5 Å². The zero-order chi connectivity index (χ0) is 21.4. The van der Waals surface area contributed by atoms with Crippen LogP contribution in [0.5, 0.6) is 0 Å². The van der Waals surface area contributed by atoms with E-state index in [4.69, 9.17) is 10.7 Å². The first-order valence-electron chi connectivity index (χ1n) is 10.1. The second-order valence-electron chi connectivity index (χ2n) is 7.70. The molecule has 0 saturated heterocycles. The van der Waals surface area contributed by atoms with Crippen molar-refractivity contribution in [2.24, 2.45) is 0 Å². The molecule has 4 aromatic rings. The molecule has 7 heteroatoms. The first-order chi connectivity index (χ1) is 15.1. The maximum absolute atomic E-state index is 13.4. The van der Waals surface area contributed by atoms with Gasteiger partial charge in [-0.15, -0.1) is 11.3 Å². The van der Waals surface area contributed by atoms with Crippen LogP contribution < -0.4 is 11.1 Å². The minimum absolute atomic E-state index is 0.352. The Labute approximate surface area is 183 Å². The Balaban J connectivity index is 1.40. The monoisotopic (exact) mass is 432 g/mol. The van der Waals surface area contributed by atoms with Gasteiger partial charge in [-0.05, 0) is 35.4 Å². The first-order valence-corrected chi connectivity index (χ1v) is 10.9. The van der Waals surface area contributed by atoms with Crippen LogP contribution in [0.2, 0.25) is 0 Å². The molecule has 0 atom stereocenters. The largest absolute Gasteiger partial charge is 0.397 e. The van der Waals surface area contributed by atoms with Crippen LogP contribution in [0, 0.1) is 5.82 Å². The second-order valence-corrected chi connectivity index (χ2v) is 8.70. The van der Waals surface area contributed by atoms with Gasteiger partial charge in [0, 0.05) is 42.8 Å². The first kappa shape index (κ1) is 19.7. The number of fused-ring (bicyclic) bond motifs is 2. The summed E-state index contributed by atoms with van der Waals surface area (Å²) >= 11 is 1.28. The molecule has 5 rings (SSSR count). The number of thiophene rings is 1. The van der Waals surface area contributed by atoms with Crippen LogP contribution in [0.3, 0.4) is 0 Å². The smallest absolute Gasteiger partial charge is 0.267 e. The van der Waals surface area contributed by atoms with E-state index in [2.05, 4.69) is 40.5 Å². The number of anilines is 2. The summed E-state index contributed by atoms with van der Waals surface area (Å²) in [4.78, 5) is 21.1. The van der Waals surface area contributed by atoms with Gasteiger partial charge in [0.1, 0.15) is 15.5 Å². The molecular formula is C24H21FN4OS. The average molecular weight is 433 g/mol. The van der Waals surface area contributed by atoms with Crippen LogP contribution in [0.4, 0.5) is 15.8 Å². The molecule has 1 aliphatic heterocycles. The SMILES string of the molecule is Nc1c(C(=O)Nc2cccc(F)c2)sc2nc3c(cc12)CN(Cc1ccccc1)CC3. The highest BCUT2D eigenvalue weighted by Gasteiger charge is 2.23. The normalized spacial score (nSPS) is 13.8. The molecule has 0 spiro atoms. The summed E-state index contributed by atoms with van der Waals surface area (Å²) < 4.78 is 13.4. The number of carbonyl (C=O) groups is 1. The molecule has 0 saturated carbocycles. The van der Waals surface area contributed by atoms with Crippen LogP contribution >= 0.6 is 11.3 Å². The average Bonchev–Trinajstić information content (AvgIpc) is 3.09. The molecule has 0 radical (unpaired) electrons. The number of aromatic nitrogens is 1. The van der Waals surface area contributed by atoms with Gasteiger partial charge in [0.15, 0.2) is 0 Å². The zero-order valence-electron chi connectivity index (χ0n) is 16.8. The number of nitrogen functional groups attached to an aromatic ring is 1. The molecule has 0 bridgehead atoms. The lowest BCUT2D eigenvalue weighted by molar-refractivity contribution is 0.103. The Morgan fingerprint density at radius 3 is 2.81 bits per heavy atom. The third-order valence-corrected chi connectivity index (χ3v) is 6.60. The number of nitrogens with zero attached hydrogens (tertiary/aromatic N) is 2. The fourth-order valence-electron chi connectivity index (χ4n) is 3.96. The summed E-state index contributed by atoms with van der Waals surface area (Å²) in [5.74, 6) is -0.758. The molecule has 31 heavy (non-hydrogen) atoms. The maximum atomic E-state index is 13.4. The van der Waals surface area contributed by atoms with Crippen molar-refractivity contribution >= 4 is 38.8 Å². The Morgan fingerprint density at radius 2 is 2.00 bits per heavy atom. The molecule has 3 heterocycles. The summed E-state index contributed by atoms with van der Waals surface area (Å²) in [6, 6.07) is 18.3. The van der Waals surface area contributed by atoms with Crippen molar-refractivity contribution in [1.82, 2.24) is 9.88 Å². The molecule has 2 aromatic carbocycles. The topological polar surface area (TPSA) is 71.2 Å². The molecule has 3 N–H and O–H groups in total. The van der Waals surface area contributed by atoms with Gasteiger partial charge in [-0.1, -0.05) is 36.4 Å². The second kappa shape index (κ2) is 8.09. The predicted octanol–water partition coefficient (Wildman–Crippen LogP) is 4.83. The van der Waals surface area contributed by atoms with Gasteiger partial charge in [0.25, 0.3) is 5.91 Å². The van der Waals surface area contributed by atoms with Gasteiger partial charge in [-0.3, -0.25) is 9.69 Å². The lowest BCUT2D eigenvalue weighted by atomic mass is 10.0. The minimum atomic E-state index is -0.406. The Kier molecular flexibility index (Phi) is 5.13. The lowest BCUT2D eigenvalue weighted by Crippen LogP contribution is -2.30. The number of pyridine rings is 1. The van der Waals surface area contributed by atoms with Crippen molar-refractivity contribution in [2.75, 3.05) is 17.6 Å². The van der Waals surface area contributed by atoms with Crippen molar-refractivity contribution in [2.45, 2.75) is 19.5 Å². The molecule has 156 valence electrons. The number of nitrogens with one attached hydrogen (secondary N) is 1. The highest BCUT2D eigenvalue weighted by Crippen LogP contribution is 2.35. The van der Waals surface area contributed by atoms with Crippen LogP contribution in [-0.2, 0) is 19.5 Å². The van der Waals surface area contributed by atoms with Gasteiger partial charge in [0.2, 0.25) is 0 Å². The number of rotatable bonds is 4. The molecule has 0 fully saturated rings. The number of carbonyl (C=O) groups excluding carboxylic acids is 1.